The van der Waals surface area contributed by atoms with Crippen LogP contribution in [-0.4, -0.2) is 40.7 Å². The Morgan fingerprint density at radius 2 is 2.05 bits per heavy atom. The average molecular weight is 279 g/mol. The van der Waals surface area contributed by atoms with Crippen molar-refractivity contribution in [1.29, 1.82) is 0 Å². The minimum atomic E-state index is -1.45. The van der Waals surface area contributed by atoms with Gasteiger partial charge in [0.05, 0.1) is 13.0 Å². The first kappa shape index (κ1) is 13.9. The molecular weight excluding hydrogens is 266 g/mol. The van der Waals surface area contributed by atoms with Crippen molar-refractivity contribution >= 4 is 17.8 Å². The van der Waals surface area contributed by atoms with Crippen LogP contribution in [0.5, 0.6) is 5.75 Å². The first-order chi connectivity index (χ1) is 9.47. The zero-order valence-electron chi connectivity index (χ0n) is 10.5. The van der Waals surface area contributed by atoms with E-state index in [0.717, 1.165) is 5.56 Å². The quantitative estimate of drug-likeness (QED) is 0.713. The van der Waals surface area contributed by atoms with Gasteiger partial charge in [-0.15, -0.1) is 0 Å². The van der Waals surface area contributed by atoms with Gasteiger partial charge in [0.25, 0.3) is 5.91 Å². The molecule has 1 aromatic rings. The van der Waals surface area contributed by atoms with Crippen molar-refractivity contribution < 1.29 is 29.3 Å². The molecule has 0 spiro atoms. The predicted octanol–water partition coefficient (Wildman–Crippen LogP) is 0.279. The Kier molecular flexibility index (Phi) is 3.88. The third-order valence-electron chi connectivity index (χ3n) is 2.93. The Hall–Kier alpha value is -2.57. The summed E-state index contributed by atoms with van der Waals surface area (Å²) < 4.78 is 5.30. The summed E-state index contributed by atoms with van der Waals surface area (Å²) >= 11 is 0. The summed E-state index contributed by atoms with van der Waals surface area (Å²) in [5.41, 5.74) is 1.16. The number of hydrogen-bond donors (Lipinski definition) is 3. The van der Waals surface area contributed by atoms with Crippen molar-refractivity contribution in [2.75, 3.05) is 6.61 Å². The van der Waals surface area contributed by atoms with Crippen LogP contribution in [0.15, 0.2) is 18.2 Å². The van der Waals surface area contributed by atoms with Crippen LogP contribution in [0.3, 0.4) is 0 Å². The number of benzene rings is 1. The van der Waals surface area contributed by atoms with E-state index in [1.165, 1.54) is 6.07 Å². The number of hydrogen-bond acceptors (Lipinski definition) is 4. The van der Waals surface area contributed by atoms with E-state index in [4.69, 9.17) is 14.9 Å². The van der Waals surface area contributed by atoms with Crippen LogP contribution in [0.25, 0.3) is 0 Å². The molecule has 0 bridgehead atoms. The molecule has 7 heteroatoms. The largest absolute Gasteiger partial charge is 0.493 e. The smallest absolute Gasteiger partial charge is 0.326 e. The summed E-state index contributed by atoms with van der Waals surface area (Å²) in [5.74, 6) is -2.58. The van der Waals surface area contributed by atoms with Crippen molar-refractivity contribution in [3.05, 3.63) is 29.3 Å². The Morgan fingerprint density at radius 1 is 1.30 bits per heavy atom. The van der Waals surface area contributed by atoms with E-state index < -0.39 is 30.3 Å². The Bertz CT molecular complexity index is 568. The van der Waals surface area contributed by atoms with Gasteiger partial charge in [-0.25, -0.2) is 4.79 Å². The fourth-order valence-corrected chi connectivity index (χ4v) is 1.94. The van der Waals surface area contributed by atoms with Crippen LogP contribution in [0, 0.1) is 0 Å². The van der Waals surface area contributed by atoms with E-state index in [1.54, 1.807) is 12.1 Å². The molecule has 0 saturated carbocycles. The molecule has 7 nitrogen and oxygen atoms in total. The third kappa shape index (κ3) is 3.05. The molecule has 1 aliphatic heterocycles. The van der Waals surface area contributed by atoms with Crippen LogP contribution in [0.4, 0.5) is 0 Å². The predicted molar refractivity (Wildman–Crippen MR) is 66.8 cm³/mol. The summed E-state index contributed by atoms with van der Waals surface area (Å²) in [6.45, 7) is 0.553. The lowest BCUT2D eigenvalue weighted by Gasteiger charge is -2.12. The third-order valence-corrected chi connectivity index (χ3v) is 2.93. The van der Waals surface area contributed by atoms with Gasteiger partial charge in [0.15, 0.2) is 0 Å². The standard InChI is InChI=1S/C13H13NO6/c15-11(16)6-9(13(18)19)14-12(17)8-1-2-10-7(5-8)3-4-20-10/h1-2,5,9H,3-4,6H2,(H,14,17)(H,15,16)(H,18,19)/t9-/m1/s1. The van der Waals surface area contributed by atoms with E-state index in [1.807, 2.05) is 0 Å². The normalized spacial score (nSPS) is 14.0. The summed E-state index contributed by atoms with van der Waals surface area (Å²) in [4.78, 5) is 33.4. The number of rotatable bonds is 5. The van der Waals surface area contributed by atoms with Gasteiger partial charge in [-0.1, -0.05) is 0 Å². The van der Waals surface area contributed by atoms with Crippen molar-refractivity contribution in [2.45, 2.75) is 18.9 Å². The minimum Gasteiger partial charge on any atom is -0.493 e. The topological polar surface area (TPSA) is 113 Å². The van der Waals surface area contributed by atoms with Gasteiger partial charge in [0, 0.05) is 12.0 Å². The molecule has 0 saturated heterocycles. The molecule has 1 aromatic carbocycles. The molecular formula is C13H13NO6. The molecule has 1 amide bonds. The molecule has 1 atom stereocenters. The molecule has 2 rings (SSSR count). The maximum absolute atomic E-state index is 11.9. The Morgan fingerprint density at radius 3 is 2.70 bits per heavy atom. The highest BCUT2D eigenvalue weighted by Crippen LogP contribution is 2.25. The summed E-state index contributed by atoms with van der Waals surface area (Å²) in [6.07, 6.45) is 0.0169. The first-order valence-corrected chi connectivity index (χ1v) is 5.98. The fraction of sp³-hybridized carbons (Fsp3) is 0.308. The van der Waals surface area contributed by atoms with Gasteiger partial charge >= 0.3 is 11.9 Å². The van der Waals surface area contributed by atoms with E-state index in [9.17, 15) is 14.4 Å². The molecule has 20 heavy (non-hydrogen) atoms. The van der Waals surface area contributed by atoms with E-state index in [2.05, 4.69) is 5.32 Å². The monoisotopic (exact) mass is 279 g/mol. The highest BCUT2D eigenvalue weighted by Gasteiger charge is 2.24. The van der Waals surface area contributed by atoms with Gasteiger partial charge in [0.1, 0.15) is 11.8 Å². The minimum absolute atomic E-state index is 0.283. The molecule has 0 aliphatic carbocycles. The number of aliphatic carboxylic acids is 2. The number of ether oxygens (including phenoxy) is 1. The van der Waals surface area contributed by atoms with Crippen molar-refractivity contribution in [1.82, 2.24) is 5.32 Å². The highest BCUT2D eigenvalue weighted by atomic mass is 16.5. The van der Waals surface area contributed by atoms with Crippen LogP contribution < -0.4 is 10.1 Å². The van der Waals surface area contributed by atoms with Gasteiger partial charge < -0.3 is 20.3 Å². The van der Waals surface area contributed by atoms with E-state index in [0.29, 0.717) is 18.8 Å². The van der Waals surface area contributed by atoms with Crippen LogP contribution in [-0.2, 0) is 16.0 Å². The van der Waals surface area contributed by atoms with Crippen molar-refractivity contribution in [3.63, 3.8) is 0 Å². The van der Waals surface area contributed by atoms with Gasteiger partial charge in [-0.2, -0.15) is 0 Å². The average Bonchev–Trinajstić information content (AvgIpc) is 2.84. The second-order valence-corrected chi connectivity index (χ2v) is 4.38. The number of carboxylic acids is 2. The van der Waals surface area contributed by atoms with E-state index in [-0.39, 0.29) is 5.56 Å². The summed E-state index contributed by atoms with van der Waals surface area (Å²) in [6, 6.07) is 3.32. The Balaban J connectivity index is 2.10. The molecule has 106 valence electrons. The molecule has 0 fully saturated rings. The van der Waals surface area contributed by atoms with Gasteiger partial charge in [0.2, 0.25) is 0 Å². The summed E-state index contributed by atoms with van der Waals surface area (Å²) in [7, 11) is 0. The van der Waals surface area contributed by atoms with Crippen molar-refractivity contribution in [3.8, 4) is 5.75 Å². The summed E-state index contributed by atoms with van der Waals surface area (Å²) in [5, 5.41) is 19.7. The maximum Gasteiger partial charge on any atom is 0.326 e. The SMILES string of the molecule is O=C(O)C[C@@H](NC(=O)c1ccc2c(c1)CCO2)C(=O)O. The molecule has 0 radical (unpaired) electrons. The van der Waals surface area contributed by atoms with Crippen molar-refractivity contribution in [2.24, 2.45) is 0 Å². The van der Waals surface area contributed by atoms with Gasteiger partial charge in [-0.3, -0.25) is 9.59 Å². The highest BCUT2D eigenvalue weighted by molar-refractivity contribution is 5.97. The van der Waals surface area contributed by atoms with Crippen LogP contribution in [0.1, 0.15) is 22.3 Å². The molecule has 0 unspecified atom stereocenters. The fourth-order valence-electron chi connectivity index (χ4n) is 1.94. The molecule has 3 N–H and O–H groups in total. The number of fused-ring (bicyclic) bond motifs is 1. The number of carboxylic acid groups (broad SMARTS) is 2. The van der Waals surface area contributed by atoms with Gasteiger partial charge in [-0.05, 0) is 23.8 Å². The number of nitrogens with one attached hydrogen (secondary N) is 1. The number of carbonyl (C=O) groups excluding carboxylic acids is 1. The zero-order chi connectivity index (χ0) is 14.7. The number of carbonyl (C=O) groups is 3. The van der Waals surface area contributed by atoms with Crippen LogP contribution >= 0.6 is 0 Å². The first-order valence-electron chi connectivity index (χ1n) is 5.98. The maximum atomic E-state index is 11.9. The molecule has 0 aromatic heterocycles. The lowest BCUT2D eigenvalue weighted by molar-refractivity contribution is -0.145. The lowest BCUT2D eigenvalue weighted by Crippen LogP contribution is -2.42. The zero-order valence-corrected chi connectivity index (χ0v) is 10.5. The van der Waals surface area contributed by atoms with Crippen LogP contribution in [0.2, 0.25) is 0 Å². The molecule has 1 heterocycles. The lowest BCUT2D eigenvalue weighted by atomic mass is 10.1. The number of amides is 1. The van der Waals surface area contributed by atoms with E-state index >= 15 is 0 Å². The molecule has 1 aliphatic rings. The Labute approximate surface area is 114 Å². The second kappa shape index (κ2) is 5.60. The second-order valence-electron chi connectivity index (χ2n) is 4.38.